The maximum Gasteiger partial charge on any atom is 0.357 e. The molecule has 0 saturated heterocycles. The maximum absolute atomic E-state index is 11.3. The minimum atomic E-state index is -0.480. The first-order valence-electron chi connectivity index (χ1n) is 4.62. The van der Waals surface area contributed by atoms with Crippen molar-refractivity contribution >= 4 is 44.3 Å². The fourth-order valence-electron chi connectivity index (χ4n) is 0.835. The largest absolute Gasteiger partial charge is 0.461 e. The average Bonchev–Trinajstić information content (AvgIpc) is 2.66. The summed E-state index contributed by atoms with van der Waals surface area (Å²) in [6.45, 7) is 3.73. The third-order valence-corrected chi connectivity index (χ3v) is 2.75. The Hall–Kier alpha value is -0.950. The number of hydrogen-bond donors (Lipinski definition) is 1. The Morgan fingerprint density at radius 3 is 2.94 bits per heavy atom. The van der Waals surface area contributed by atoms with E-state index in [0.717, 1.165) is 0 Å². The van der Waals surface area contributed by atoms with E-state index in [2.05, 4.69) is 26.2 Å². The molecule has 0 aliphatic heterocycles. The van der Waals surface area contributed by atoms with Crippen LogP contribution in [0.1, 0.15) is 24.3 Å². The summed E-state index contributed by atoms with van der Waals surface area (Å²) < 4.78 is 4.78. The highest BCUT2D eigenvalue weighted by molar-refractivity contribution is 9.10. The zero-order chi connectivity index (χ0) is 12.1. The summed E-state index contributed by atoms with van der Waals surface area (Å²) >= 11 is 4.32. The Balaban J connectivity index is 2.65. The molecular formula is C9H11BrN2O3S. The molecule has 0 aliphatic rings. The van der Waals surface area contributed by atoms with Gasteiger partial charge in [0.15, 0.2) is 10.8 Å². The lowest BCUT2D eigenvalue weighted by Gasteiger charge is -2.01. The van der Waals surface area contributed by atoms with E-state index < -0.39 is 5.97 Å². The molecule has 1 unspecified atom stereocenters. The predicted octanol–water partition coefficient (Wildman–Crippen LogP) is 2.04. The molecule has 5 nitrogen and oxygen atoms in total. The van der Waals surface area contributed by atoms with Crippen LogP contribution in [0.25, 0.3) is 0 Å². The lowest BCUT2D eigenvalue weighted by atomic mass is 10.4. The number of carbonyl (C=O) groups is 2. The number of ether oxygens (including phenoxy) is 1. The van der Waals surface area contributed by atoms with Crippen molar-refractivity contribution in [2.75, 3.05) is 11.9 Å². The highest BCUT2D eigenvalue weighted by Gasteiger charge is 2.14. The zero-order valence-electron chi connectivity index (χ0n) is 8.82. The van der Waals surface area contributed by atoms with Gasteiger partial charge in [-0.25, -0.2) is 9.78 Å². The van der Waals surface area contributed by atoms with Gasteiger partial charge in [-0.2, -0.15) is 0 Å². The molecule has 0 fully saturated rings. The van der Waals surface area contributed by atoms with Crippen LogP contribution in [0.15, 0.2) is 5.38 Å². The molecule has 7 heteroatoms. The van der Waals surface area contributed by atoms with Gasteiger partial charge in [-0.3, -0.25) is 4.79 Å². The number of rotatable bonds is 4. The monoisotopic (exact) mass is 306 g/mol. The molecular weight excluding hydrogens is 296 g/mol. The van der Waals surface area contributed by atoms with Gasteiger partial charge in [0.1, 0.15) is 0 Å². The Morgan fingerprint density at radius 1 is 1.69 bits per heavy atom. The van der Waals surface area contributed by atoms with Crippen molar-refractivity contribution in [3.8, 4) is 0 Å². The lowest BCUT2D eigenvalue weighted by molar-refractivity contribution is -0.115. The molecule has 1 aromatic heterocycles. The molecule has 0 saturated carbocycles. The first kappa shape index (κ1) is 13.1. The van der Waals surface area contributed by atoms with Crippen LogP contribution in [-0.2, 0) is 9.53 Å². The minimum Gasteiger partial charge on any atom is -0.461 e. The van der Waals surface area contributed by atoms with E-state index in [1.807, 2.05) is 0 Å². The second kappa shape index (κ2) is 5.95. The number of amides is 1. The van der Waals surface area contributed by atoms with Gasteiger partial charge in [-0.15, -0.1) is 11.3 Å². The molecule has 1 atom stereocenters. The number of anilines is 1. The molecule has 88 valence electrons. The van der Waals surface area contributed by atoms with Crippen LogP contribution in [0.2, 0.25) is 0 Å². The number of alkyl halides is 1. The average molecular weight is 307 g/mol. The summed E-state index contributed by atoms with van der Waals surface area (Å²) in [4.78, 5) is 26.2. The number of nitrogens with zero attached hydrogens (tertiary/aromatic N) is 1. The van der Waals surface area contributed by atoms with E-state index in [1.54, 1.807) is 19.2 Å². The molecule has 0 bridgehead atoms. The van der Waals surface area contributed by atoms with E-state index in [-0.39, 0.29) is 16.4 Å². The number of thiazole rings is 1. The van der Waals surface area contributed by atoms with Crippen molar-refractivity contribution in [3.63, 3.8) is 0 Å². The Morgan fingerprint density at radius 2 is 2.38 bits per heavy atom. The zero-order valence-corrected chi connectivity index (χ0v) is 11.2. The summed E-state index contributed by atoms with van der Waals surface area (Å²) in [5.41, 5.74) is 0.212. The predicted molar refractivity (Wildman–Crippen MR) is 65.1 cm³/mol. The second-order valence-electron chi connectivity index (χ2n) is 2.86. The first-order valence-corrected chi connectivity index (χ1v) is 6.41. The van der Waals surface area contributed by atoms with Crippen molar-refractivity contribution in [1.29, 1.82) is 0 Å². The van der Waals surface area contributed by atoms with Gasteiger partial charge in [0.25, 0.3) is 0 Å². The Bertz CT molecular complexity index is 392. The summed E-state index contributed by atoms with van der Waals surface area (Å²) in [6, 6.07) is 0. The fourth-order valence-corrected chi connectivity index (χ4v) is 1.63. The van der Waals surface area contributed by atoms with E-state index in [1.165, 1.54) is 11.3 Å². The molecule has 0 spiro atoms. The van der Waals surface area contributed by atoms with Gasteiger partial charge in [0.05, 0.1) is 11.4 Å². The number of esters is 1. The van der Waals surface area contributed by atoms with Crippen LogP contribution >= 0.6 is 27.3 Å². The third kappa shape index (κ3) is 3.57. The first-order chi connectivity index (χ1) is 7.54. The number of carbonyl (C=O) groups excluding carboxylic acids is 2. The summed E-state index contributed by atoms with van der Waals surface area (Å²) in [5, 5.41) is 4.51. The molecule has 1 amide bonds. The topological polar surface area (TPSA) is 68.3 Å². The van der Waals surface area contributed by atoms with Crippen LogP contribution in [0.4, 0.5) is 5.13 Å². The maximum atomic E-state index is 11.3. The van der Waals surface area contributed by atoms with Gasteiger partial charge in [-0.05, 0) is 13.8 Å². The number of aromatic nitrogens is 1. The Labute approximate surface area is 105 Å². The van der Waals surface area contributed by atoms with Gasteiger partial charge < -0.3 is 10.1 Å². The lowest BCUT2D eigenvalue weighted by Crippen LogP contribution is -2.19. The SMILES string of the molecule is CCOC(=O)c1csc(NC(=O)C(C)Br)n1. The van der Waals surface area contributed by atoms with E-state index >= 15 is 0 Å². The molecule has 1 rings (SSSR count). The van der Waals surface area contributed by atoms with Crippen LogP contribution in [0, 0.1) is 0 Å². The fraction of sp³-hybridized carbons (Fsp3) is 0.444. The van der Waals surface area contributed by atoms with Crippen molar-refractivity contribution in [2.24, 2.45) is 0 Å². The summed E-state index contributed by atoms with van der Waals surface area (Å²) in [6.07, 6.45) is 0. The van der Waals surface area contributed by atoms with Crippen molar-refractivity contribution in [2.45, 2.75) is 18.7 Å². The van der Waals surface area contributed by atoms with Crippen molar-refractivity contribution in [1.82, 2.24) is 4.98 Å². The van der Waals surface area contributed by atoms with E-state index in [9.17, 15) is 9.59 Å². The number of nitrogens with one attached hydrogen (secondary N) is 1. The molecule has 0 radical (unpaired) electrons. The van der Waals surface area contributed by atoms with E-state index in [4.69, 9.17) is 4.74 Å². The summed E-state index contributed by atoms with van der Waals surface area (Å²) in [7, 11) is 0. The van der Waals surface area contributed by atoms with Crippen LogP contribution in [-0.4, -0.2) is 28.3 Å². The Kier molecular flexibility index (Phi) is 4.88. The highest BCUT2D eigenvalue weighted by atomic mass is 79.9. The van der Waals surface area contributed by atoms with Crippen molar-refractivity contribution < 1.29 is 14.3 Å². The highest BCUT2D eigenvalue weighted by Crippen LogP contribution is 2.17. The second-order valence-corrected chi connectivity index (χ2v) is 5.10. The standard InChI is InChI=1S/C9H11BrN2O3S/c1-3-15-8(14)6-4-16-9(11-6)12-7(13)5(2)10/h4-5H,3H2,1-2H3,(H,11,12,13). The van der Waals surface area contributed by atoms with Crippen LogP contribution in [0.3, 0.4) is 0 Å². The van der Waals surface area contributed by atoms with Crippen molar-refractivity contribution in [3.05, 3.63) is 11.1 Å². The normalized spacial score (nSPS) is 11.9. The molecule has 0 aliphatic carbocycles. The van der Waals surface area contributed by atoms with E-state index in [0.29, 0.717) is 11.7 Å². The van der Waals surface area contributed by atoms with Crippen LogP contribution < -0.4 is 5.32 Å². The van der Waals surface area contributed by atoms with Gasteiger partial charge >= 0.3 is 5.97 Å². The van der Waals surface area contributed by atoms with Gasteiger partial charge in [0.2, 0.25) is 5.91 Å². The molecule has 16 heavy (non-hydrogen) atoms. The third-order valence-electron chi connectivity index (χ3n) is 1.58. The summed E-state index contributed by atoms with van der Waals surface area (Å²) in [5.74, 6) is -0.684. The van der Waals surface area contributed by atoms with Crippen LogP contribution in [0.5, 0.6) is 0 Å². The van der Waals surface area contributed by atoms with Gasteiger partial charge in [0, 0.05) is 5.38 Å². The molecule has 1 N–H and O–H groups in total. The molecule has 1 heterocycles. The van der Waals surface area contributed by atoms with Gasteiger partial charge in [-0.1, -0.05) is 15.9 Å². The minimum absolute atomic E-state index is 0.204. The smallest absolute Gasteiger partial charge is 0.357 e. The number of hydrogen-bond acceptors (Lipinski definition) is 5. The molecule has 0 aromatic carbocycles. The quantitative estimate of drug-likeness (QED) is 0.683. The molecule has 1 aromatic rings. The number of halogens is 1.